The minimum Gasteiger partial charge on any atom is -0.472 e. The number of furan rings is 1. The maximum Gasteiger partial charge on any atom is 0.150 e. The summed E-state index contributed by atoms with van der Waals surface area (Å²) in [6.07, 6.45) is 4.28. The third-order valence-electron chi connectivity index (χ3n) is 2.77. The van der Waals surface area contributed by atoms with Gasteiger partial charge in [0.2, 0.25) is 0 Å². The van der Waals surface area contributed by atoms with Gasteiger partial charge in [-0.1, -0.05) is 0 Å². The number of carbonyl (C=O) groups is 1. The zero-order valence-electron chi connectivity index (χ0n) is 10.0. The Hall–Kier alpha value is -2.03. The van der Waals surface area contributed by atoms with E-state index >= 15 is 0 Å². The summed E-state index contributed by atoms with van der Waals surface area (Å²) < 4.78 is 5.05. The van der Waals surface area contributed by atoms with Crippen molar-refractivity contribution < 1.29 is 9.21 Å². The van der Waals surface area contributed by atoms with E-state index in [1.807, 2.05) is 38.2 Å². The Morgan fingerprint density at radius 2 is 2.18 bits per heavy atom. The first-order valence-corrected chi connectivity index (χ1v) is 5.49. The minimum atomic E-state index is 0.711. The molecule has 2 aromatic rings. The smallest absolute Gasteiger partial charge is 0.150 e. The molecule has 0 fully saturated rings. The number of anilines is 1. The number of aryl methyl sites for hydroxylation is 1. The highest BCUT2D eigenvalue weighted by molar-refractivity contribution is 5.76. The van der Waals surface area contributed by atoms with E-state index in [0.29, 0.717) is 5.56 Å². The van der Waals surface area contributed by atoms with Gasteiger partial charge >= 0.3 is 0 Å². The zero-order chi connectivity index (χ0) is 12.3. The van der Waals surface area contributed by atoms with Gasteiger partial charge in [0, 0.05) is 30.4 Å². The van der Waals surface area contributed by atoms with Crippen molar-refractivity contribution in [2.75, 3.05) is 11.9 Å². The summed E-state index contributed by atoms with van der Waals surface area (Å²) in [4.78, 5) is 12.8. The summed E-state index contributed by atoms with van der Waals surface area (Å²) in [6.45, 7) is 2.80. The first-order chi connectivity index (χ1) is 8.20. The first-order valence-electron chi connectivity index (χ1n) is 5.49. The zero-order valence-corrected chi connectivity index (χ0v) is 10.0. The Bertz CT molecular complexity index is 503. The van der Waals surface area contributed by atoms with Crippen LogP contribution in [0.4, 0.5) is 5.69 Å². The molecule has 3 heteroatoms. The number of nitrogens with zero attached hydrogens (tertiary/aromatic N) is 1. The van der Waals surface area contributed by atoms with Crippen molar-refractivity contribution in [3.63, 3.8) is 0 Å². The van der Waals surface area contributed by atoms with Crippen LogP contribution in [0.1, 0.15) is 21.5 Å². The fourth-order valence-electron chi connectivity index (χ4n) is 1.92. The van der Waals surface area contributed by atoms with Crippen LogP contribution in [0, 0.1) is 6.92 Å². The van der Waals surface area contributed by atoms with E-state index in [1.54, 1.807) is 12.5 Å². The van der Waals surface area contributed by atoms with Gasteiger partial charge in [-0.15, -0.1) is 0 Å². The summed E-state index contributed by atoms with van der Waals surface area (Å²) in [6, 6.07) is 7.65. The lowest BCUT2D eigenvalue weighted by Crippen LogP contribution is -2.17. The molecule has 1 heterocycles. The number of rotatable bonds is 4. The van der Waals surface area contributed by atoms with Crippen LogP contribution < -0.4 is 4.90 Å². The number of hydrogen-bond donors (Lipinski definition) is 0. The molecule has 0 N–H and O–H groups in total. The molecular formula is C14H15NO2. The molecule has 0 aliphatic rings. The summed E-state index contributed by atoms with van der Waals surface area (Å²) in [7, 11) is 2.02. The third kappa shape index (κ3) is 2.56. The maximum atomic E-state index is 10.7. The van der Waals surface area contributed by atoms with Crippen LogP contribution in [0.5, 0.6) is 0 Å². The standard InChI is InChI=1S/C14H15NO2/c1-11-7-12(9-16)3-4-14(11)15(2)8-13-5-6-17-10-13/h3-7,9-10H,8H2,1-2H3. The molecule has 0 spiro atoms. The van der Waals surface area contributed by atoms with E-state index < -0.39 is 0 Å². The lowest BCUT2D eigenvalue weighted by atomic mass is 10.1. The molecule has 3 nitrogen and oxygen atoms in total. The van der Waals surface area contributed by atoms with Crippen LogP contribution in [0.25, 0.3) is 0 Å². The predicted molar refractivity (Wildman–Crippen MR) is 67.4 cm³/mol. The number of hydrogen-bond acceptors (Lipinski definition) is 3. The molecule has 1 aromatic carbocycles. The van der Waals surface area contributed by atoms with Crippen LogP contribution in [0.15, 0.2) is 41.2 Å². The van der Waals surface area contributed by atoms with Gasteiger partial charge in [0.15, 0.2) is 0 Å². The number of carbonyl (C=O) groups excluding carboxylic acids is 1. The fraction of sp³-hybridized carbons (Fsp3) is 0.214. The monoisotopic (exact) mass is 229 g/mol. The summed E-state index contributed by atoms with van der Waals surface area (Å²) in [5, 5.41) is 0. The molecule has 17 heavy (non-hydrogen) atoms. The van der Waals surface area contributed by atoms with Gasteiger partial charge in [0.1, 0.15) is 6.29 Å². The molecule has 0 radical (unpaired) electrons. The minimum absolute atomic E-state index is 0.711. The molecule has 1 aromatic heterocycles. The van der Waals surface area contributed by atoms with Crippen molar-refractivity contribution in [2.24, 2.45) is 0 Å². The Morgan fingerprint density at radius 1 is 1.35 bits per heavy atom. The Balaban J connectivity index is 2.19. The highest BCUT2D eigenvalue weighted by Gasteiger charge is 2.06. The third-order valence-corrected chi connectivity index (χ3v) is 2.77. The largest absolute Gasteiger partial charge is 0.472 e. The molecule has 0 aliphatic carbocycles. The van der Waals surface area contributed by atoms with Gasteiger partial charge in [-0.2, -0.15) is 0 Å². The second-order valence-corrected chi connectivity index (χ2v) is 4.15. The average Bonchev–Trinajstić information content (AvgIpc) is 2.81. The van der Waals surface area contributed by atoms with E-state index in [-0.39, 0.29) is 0 Å². The number of benzene rings is 1. The molecule has 0 saturated heterocycles. The molecule has 0 bridgehead atoms. The first kappa shape index (κ1) is 11.5. The maximum absolute atomic E-state index is 10.7. The van der Waals surface area contributed by atoms with Gasteiger partial charge in [-0.25, -0.2) is 0 Å². The van der Waals surface area contributed by atoms with Gasteiger partial charge in [0.25, 0.3) is 0 Å². The molecule has 88 valence electrons. The van der Waals surface area contributed by atoms with Crippen molar-refractivity contribution in [1.82, 2.24) is 0 Å². The summed E-state index contributed by atoms with van der Waals surface area (Å²) in [5.41, 5.74) is 4.06. The molecule has 0 atom stereocenters. The van der Waals surface area contributed by atoms with Crippen molar-refractivity contribution in [3.05, 3.63) is 53.5 Å². The fourth-order valence-corrected chi connectivity index (χ4v) is 1.92. The van der Waals surface area contributed by atoms with Crippen molar-refractivity contribution >= 4 is 12.0 Å². The molecular weight excluding hydrogens is 214 g/mol. The summed E-state index contributed by atoms with van der Waals surface area (Å²) >= 11 is 0. The van der Waals surface area contributed by atoms with E-state index in [1.165, 1.54) is 0 Å². The molecule has 0 amide bonds. The highest BCUT2D eigenvalue weighted by atomic mass is 16.3. The normalized spacial score (nSPS) is 10.2. The van der Waals surface area contributed by atoms with Gasteiger partial charge < -0.3 is 9.32 Å². The molecule has 2 rings (SSSR count). The Kier molecular flexibility index (Phi) is 3.28. The van der Waals surface area contributed by atoms with Crippen molar-refractivity contribution in [1.29, 1.82) is 0 Å². The van der Waals surface area contributed by atoms with Gasteiger partial charge in [-0.05, 0) is 36.8 Å². The number of aldehydes is 1. The van der Waals surface area contributed by atoms with E-state index in [4.69, 9.17) is 4.42 Å². The van der Waals surface area contributed by atoms with E-state index in [0.717, 1.165) is 29.6 Å². The predicted octanol–water partition coefficient (Wildman–Crippen LogP) is 3.04. The average molecular weight is 229 g/mol. The molecule has 0 saturated carbocycles. The second-order valence-electron chi connectivity index (χ2n) is 4.15. The molecule has 0 unspecified atom stereocenters. The lowest BCUT2D eigenvalue weighted by molar-refractivity contribution is 0.112. The van der Waals surface area contributed by atoms with Crippen molar-refractivity contribution in [3.8, 4) is 0 Å². The highest BCUT2D eigenvalue weighted by Crippen LogP contribution is 2.21. The Labute approximate surface area is 101 Å². The van der Waals surface area contributed by atoms with Crippen LogP contribution in [-0.4, -0.2) is 13.3 Å². The summed E-state index contributed by atoms with van der Waals surface area (Å²) in [5.74, 6) is 0. The van der Waals surface area contributed by atoms with Crippen LogP contribution in [0.3, 0.4) is 0 Å². The SMILES string of the molecule is Cc1cc(C=O)ccc1N(C)Cc1ccoc1. The topological polar surface area (TPSA) is 33.5 Å². The van der Waals surface area contributed by atoms with Crippen LogP contribution in [-0.2, 0) is 6.54 Å². The van der Waals surface area contributed by atoms with Gasteiger partial charge in [-0.3, -0.25) is 4.79 Å². The van der Waals surface area contributed by atoms with Crippen LogP contribution in [0.2, 0.25) is 0 Å². The lowest BCUT2D eigenvalue weighted by Gasteiger charge is -2.20. The van der Waals surface area contributed by atoms with Gasteiger partial charge in [0.05, 0.1) is 12.5 Å². The van der Waals surface area contributed by atoms with Crippen molar-refractivity contribution in [2.45, 2.75) is 13.5 Å². The quantitative estimate of drug-likeness (QED) is 0.755. The second kappa shape index (κ2) is 4.87. The van der Waals surface area contributed by atoms with E-state index in [2.05, 4.69) is 4.90 Å². The Morgan fingerprint density at radius 3 is 2.76 bits per heavy atom. The molecule has 0 aliphatic heterocycles. The van der Waals surface area contributed by atoms with Crippen LogP contribution >= 0.6 is 0 Å². The van der Waals surface area contributed by atoms with E-state index in [9.17, 15) is 4.79 Å².